The van der Waals surface area contributed by atoms with Crippen LogP contribution < -0.4 is 10.1 Å². The highest BCUT2D eigenvalue weighted by Crippen LogP contribution is 2.21. The summed E-state index contributed by atoms with van der Waals surface area (Å²) in [5.41, 5.74) is -0.249. The Labute approximate surface area is 129 Å². The van der Waals surface area contributed by atoms with E-state index in [1.165, 1.54) is 24.3 Å². The third kappa shape index (κ3) is 4.19. The molecule has 0 bridgehead atoms. The van der Waals surface area contributed by atoms with Crippen molar-refractivity contribution in [3.63, 3.8) is 0 Å². The summed E-state index contributed by atoms with van der Waals surface area (Å²) in [4.78, 5) is 25.6. The summed E-state index contributed by atoms with van der Waals surface area (Å²) in [7, 11) is 0. The van der Waals surface area contributed by atoms with Crippen LogP contribution in [0.5, 0.6) is 5.75 Å². The van der Waals surface area contributed by atoms with Gasteiger partial charge >= 0.3 is 0 Å². The molecule has 1 atom stereocenters. The van der Waals surface area contributed by atoms with E-state index in [0.29, 0.717) is 18.7 Å². The molecule has 5 nitrogen and oxygen atoms in total. The van der Waals surface area contributed by atoms with E-state index in [9.17, 15) is 14.0 Å². The first-order chi connectivity index (χ1) is 10.3. The number of nitrogens with one attached hydrogen (secondary N) is 1. The predicted octanol–water partition coefficient (Wildman–Crippen LogP) is 1.72. The van der Waals surface area contributed by atoms with E-state index in [1.54, 1.807) is 4.90 Å². The molecular weight excluding hydrogens is 287 g/mol. The molecule has 22 heavy (non-hydrogen) atoms. The van der Waals surface area contributed by atoms with Gasteiger partial charge in [-0.25, -0.2) is 4.39 Å². The smallest absolute Gasteiger partial charge is 0.258 e. The number of nitrogens with zero attached hydrogens (tertiary/aromatic N) is 1. The van der Waals surface area contributed by atoms with Crippen LogP contribution in [0.3, 0.4) is 0 Å². The normalized spacial score (nSPS) is 18.5. The van der Waals surface area contributed by atoms with Crippen LogP contribution in [0.25, 0.3) is 0 Å². The first-order valence-corrected chi connectivity index (χ1v) is 7.24. The molecule has 0 saturated carbocycles. The summed E-state index contributed by atoms with van der Waals surface area (Å²) >= 11 is 0. The van der Waals surface area contributed by atoms with Crippen molar-refractivity contribution in [2.75, 3.05) is 13.2 Å². The second-order valence-electron chi connectivity index (χ2n) is 6.39. The monoisotopic (exact) mass is 308 g/mol. The summed E-state index contributed by atoms with van der Waals surface area (Å²) in [6.07, 6.45) is 0.305. The number of benzene rings is 1. The number of halogens is 1. The number of carbonyl (C=O) groups excluding carboxylic acids is 2. The molecule has 6 heteroatoms. The topological polar surface area (TPSA) is 58.6 Å². The average Bonchev–Trinajstić information content (AvgIpc) is 2.79. The van der Waals surface area contributed by atoms with Gasteiger partial charge in [-0.1, -0.05) is 0 Å². The Morgan fingerprint density at radius 1 is 1.36 bits per heavy atom. The molecule has 1 aliphatic heterocycles. The van der Waals surface area contributed by atoms with Crippen LogP contribution in [-0.4, -0.2) is 41.4 Å². The molecule has 1 unspecified atom stereocenters. The molecule has 1 heterocycles. The van der Waals surface area contributed by atoms with Gasteiger partial charge in [0.15, 0.2) is 6.61 Å². The van der Waals surface area contributed by atoms with Crippen molar-refractivity contribution in [2.45, 2.75) is 38.8 Å². The summed E-state index contributed by atoms with van der Waals surface area (Å²) < 4.78 is 18.0. The number of amides is 2. The Bertz CT molecular complexity index is 552. The second kappa shape index (κ2) is 6.34. The Balaban J connectivity index is 1.80. The van der Waals surface area contributed by atoms with Crippen LogP contribution in [0.4, 0.5) is 4.39 Å². The van der Waals surface area contributed by atoms with Crippen LogP contribution >= 0.6 is 0 Å². The molecule has 1 aromatic carbocycles. The minimum Gasteiger partial charge on any atom is -0.484 e. The number of ether oxygens (including phenoxy) is 1. The van der Waals surface area contributed by atoms with Gasteiger partial charge in [-0.2, -0.15) is 0 Å². The van der Waals surface area contributed by atoms with Gasteiger partial charge in [0, 0.05) is 18.5 Å². The molecule has 1 saturated heterocycles. The summed E-state index contributed by atoms with van der Waals surface area (Å²) in [6.45, 7) is 6.24. The minimum absolute atomic E-state index is 0.0391. The Hall–Kier alpha value is -2.11. The molecule has 0 spiro atoms. The quantitative estimate of drug-likeness (QED) is 0.921. The first-order valence-electron chi connectivity index (χ1n) is 7.24. The zero-order valence-electron chi connectivity index (χ0n) is 13.1. The molecule has 0 aliphatic carbocycles. The fraction of sp³-hybridized carbons (Fsp3) is 0.500. The zero-order chi connectivity index (χ0) is 16.3. The number of likely N-dealkylation sites (tertiary alicyclic amines) is 1. The Kier molecular flexibility index (Phi) is 4.68. The minimum atomic E-state index is -0.358. The summed E-state index contributed by atoms with van der Waals surface area (Å²) in [6, 6.07) is 5.26. The van der Waals surface area contributed by atoms with E-state index >= 15 is 0 Å². The van der Waals surface area contributed by atoms with E-state index in [-0.39, 0.29) is 35.8 Å². The fourth-order valence-electron chi connectivity index (χ4n) is 2.40. The van der Waals surface area contributed by atoms with Gasteiger partial charge in [-0.15, -0.1) is 0 Å². The number of hydrogen-bond donors (Lipinski definition) is 1. The highest BCUT2D eigenvalue weighted by atomic mass is 19.1. The predicted molar refractivity (Wildman–Crippen MR) is 79.9 cm³/mol. The summed E-state index contributed by atoms with van der Waals surface area (Å²) in [5.74, 6) is -0.186. The van der Waals surface area contributed by atoms with Crippen molar-refractivity contribution in [3.8, 4) is 5.75 Å². The Morgan fingerprint density at radius 2 is 2.00 bits per heavy atom. The lowest BCUT2D eigenvalue weighted by Gasteiger charge is -2.32. The zero-order valence-corrected chi connectivity index (χ0v) is 13.1. The second-order valence-corrected chi connectivity index (χ2v) is 6.39. The van der Waals surface area contributed by atoms with E-state index in [0.717, 1.165) is 0 Å². The molecule has 1 aromatic rings. The first kappa shape index (κ1) is 16.3. The molecule has 2 amide bonds. The molecule has 0 aromatic heterocycles. The largest absolute Gasteiger partial charge is 0.484 e. The van der Waals surface area contributed by atoms with Gasteiger partial charge in [0.1, 0.15) is 11.6 Å². The molecule has 1 N–H and O–H groups in total. The van der Waals surface area contributed by atoms with Gasteiger partial charge in [0.05, 0.1) is 6.04 Å². The summed E-state index contributed by atoms with van der Waals surface area (Å²) in [5, 5.41) is 2.79. The SMILES string of the molecule is CC(C)(C)N1CC(NC(=O)COc2ccc(F)cc2)CC1=O. The van der Waals surface area contributed by atoms with Crippen LogP contribution in [0.1, 0.15) is 27.2 Å². The molecular formula is C16H21FN2O3. The van der Waals surface area contributed by atoms with Crippen LogP contribution in [-0.2, 0) is 9.59 Å². The lowest BCUT2D eigenvalue weighted by molar-refractivity contribution is -0.131. The van der Waals surface area contributed by atoms with Crippen LogP contribution in [0.2, 0.25) is 0 Å². The molecule has 2 rings (SSSR count). The number of rotatable bonds is 4. The van der Waals surface area contributed by atoms with Gasteiger partial charge in [-0.3, -0.25) is 9.59 Å². The Morgan fingerprint density at radius 3 is 2.55 bits per heavy atom. The highest BCUT2D eigenvalue weighted by molar-refractivity contribution is 5.83. The fourth-order valence-corrected chi connectivity index (χ4v) is 2.40. The van der Waals surface area contributed by atoms with Gasteiger partial charge < -0.3 is 15.0 Å². The number of hydrogen-bond acceptors (Lipinski definition) is 3. The third-order valence-electron chi connectivity index (χ3n) is 3.48. The van der Waals surface area contributed by atoms with E-state index in [4.69, 9.17) is 4.74 Å². The molecule has 0 radical (unpaired) electrons. The van der Waals surface area contributed by atoms with E-state index in [2.05, 4.69) is 5.32 Å². The van der Waals surface area contributed by atoms with Crippen molar-refractivity contribution in [2.24, 2.45) is 0 Å². The highest BCUT2D eigenvalue weighted by Gasteiger charge is 2.36. The van der Waals surface area contributed by atoms with E-state index in [1.807, 2.05) is 20.8 Å². The van der Waals surface area contributed by atoms with Gasteiger partial charge in [-0.05, 0) is 45.0 Å². The van der Waals surface area contributed by atoms with Crippen molar-refractivity contribution in [3.05, 3.63) is 30.1 Å². The van der Waals surface area contributed by atoms with Crippen LogP contribution in [0.15, 0.2) is 24.3 Å². The average molecular weight is 308 g/mol. The number of carbonyl (C=O) groups is 2. The van der Waals surface area contributed by atoms with Crippen molar-refractivity contribution in [1.29, 1.82) is 0 Å². The van der Waals surface area contributed by atoms with Crippen LogP contribution in [0, 0.1) is 5.82 Å². The molecule has 120 valence electrons. The third-order valence-corrected chi connectivity index (χ3v) is 3.48. The lowest BCUT2D eigenvalue weighted by Crippen LogP contribution is -2.45. The lowest BCUT2D eigenvalue weighted by atomic mass is 10.1. The standard InChI is InChI=1S/C16H21FN2O3/c1-16(2,3)19-9-12(8-15(19)21)18-14(20)10-22-13-6-4-11(17)5-7-13/h4-7,12H,8-10H2,1-3H3,(H,18,20). The molecule has 1 aliphatic rings. The van der Waals surface area contributed by atoms with Crippen molar-refractivity contribution < 1.29 is 18.7 Å². The maximum absolute atomic E-state index is 12.8. The molecule has 1 fully saturated rings. The van der Waals surface area contributed by atoms with Crippen molar-refractivity contribution in [1.82, 2.24) is 10.2 Å². The maximum atomic E-state index is 12.8. The van der Waals surface area contributed by atoms with Crippen molar-refractivity contribution >= 4 is 11.8 Å². The van der Waals surface area contributed by atoms with E-state index < -0.39 is 0 Å². The van der Waals surface area contributed by atoms with Gasteiger partial charge in [0.2, 0.25) is 5.91 Å². The van der Waals surface area contributed by atoms with Gasteiger partial charge in [0.25, 0.3) is 5.91 Å². The maximum Gasteiger partial charge on any atom is 0.258 e.